The summed E-state index contributed by atoms with van der Waals surface area (Å²) in [6.07, 6.45) is 4.33. The number of rotatable bonds is 4. The molecule has 1 aromatic rings. The fourth-order valence-electron chi connectivity index (χ4n) is 3.21. The number of halogens is 1. The smallest absolute Gasteiger partial charge is 0.0407 e. The van der Waals surface area contributed by atoms with Crippen LogP contribution in [0.2, 0.25) is 5.02 Å². The number of hydrogen-bond donors (Lipinski definition) is 1. The van der Waals surface area contributed by atoms with Crippen molar-refractivity contribution < 1.29 is 0 Å². The summed E-state index contributed by atoms with van der Waals surface area (Å²) in [5, 5.41) is 4.26. The maximum Gasteiger partial charge on any atom is 0.0407 e. The van der Waals surface area contributed by atoms with Crippen molar-refractivity contribution in [2.24, 2.45) is 5.92 Å². The molecule has 1 aliphatic heterocycles. The lowest BCUT2D eigenvalue weighted by molar-refractivity contribution is 0.221. The van der Waals surface area contributed by atoms with Crippen molar-refractivity contribution in [3.05, 3.63) is 29.3 Å². The van der Waals surface area contributed by atoms with E-state index in [2.05, 4.69) is 10.2 Å². The van der Waals surface area contributed by atoms with E-state index in [9.17, 15) is 0 Å². The molecule has 3 rings (SSSR count). The van der Waals surface area contributed by atoms with Crippen molar-refractivity contribution in [3.8, 4) is 0 Å². The van der Waals surface area contributed by atoms with Gasteiger partial charge in [-0.2, -0.15) is 0 Å². The van der Waals surface area contributed by atoms with Crippen molar-refractivity contribution in [1.82, 2.24) is 4.90 Å². The third-order valence-corrected chi connectivity index (χ3v) is 4.35. The molecule has 2 atom stereocenters. The Morgan fingerprint density at radius 2 is 2.06 bits per heavy atom. The van der Waals surface area contributed by atoms with Crippen LogP contribution in [0.3, 0.4) is 0 Å². The number of benzene rings is 1. The van der Waals surface area contributed by atoms with E-state index in [1.165, 1.54) is 38.0 Å². The second-order valence-corrected chi connectivity index (χ2v) is 5.70. The first-order chi connectivity index (χ1) is 8.31. The molecular weight excluding hydrogens is 232 g/mol. The summed E-state index contributed by atoms with van der Waals surface area (Å²) in [6, 6.07) is 8.83. The van der Waals surface area contributed by atoms with Crippen molar-refractivity contribution >= 4 is 17.3 Å². The number of fused-ring (bicyclic) bond motifs is 2. The average molecular weight is 251 g/mol. The molecule has 3 heteroatoms. The van der Waals surface area contributed by atoms with Crippen LogP contribution in [0.25, 0.3) is 0 Å². The van der Waals surface area contributed by atoms with E-state index >= 15 is 0 Å². The topological polar surface area (TPSA) is 15.3 Å². The summed E-state index contributed by atoms with van der Waals surface area (Å²) in [7, 11) is 0. The molecular formula is C14H19ClN2. The third-order valence-electron chi connectivity index (χ3n) is 4.10. The van der Waals surface area contributed by atoms with E-state index in [1.807, 2.05) is 24.3 Å². The predicted molar refractivity (Wildman–Crippen MR) is 72.6 cm³/mol. The van der Waals surface area contributed by atoms with Crippen molar-refractivity contribution in [1.29, 1.82) is 0 Å². The van der Waals surface area contributed by atoms with E-state index in [0.717, 1.165) is 23.5 Å². The van der Waals surface area contributed by atoms with Gasteiger partial charge in [0.05, 0.1) is 0 Å². The molecule has 1 aromatic carbocycles. The van der Waals surface area contributed by atoms with Crippen LogP contribution in [-0.2, 0) is 0 Å². The van der Waals surface area contributed by atoms with Gasteiger partial charge in [-0.1, -0.05) is 11.6 Å². The first-order valence-corrected chi connectivity index (χ1v) is 6.92. The van der Waals surface area contributed by atoms with Gasteiger partial charge < -0.3 is 5.32 Å². The molecule has 2 unspecified atom stereocenters. The molecule has 2 fully saturated rings. The Morgan fingerprint density at radius 3 is 2.71 bits per heavy atom. The highest BCUT2D eigenvalue weighted by molar-refractivity contribution is 6.30. The van der Waals surface area contributed by atoms with Gasteiger partial charge in [-0.3, -0.25) is 4.90 Å². The summed E-state index contributed by atoms with van der Waals surface area (Å²) in [6.45, 7) is 3.53. The van der Waals surface area contributed by atoms with Crippen LogP contribution in [0, 0.1) is 5.92 Å². The SMILES string of the molecule is Clc1ccc(NCCN2CC3CCC2C3)cc1. The second-order valence-electron chi connectivity index (χ2n) is 5.26. The monoisotopic (exact) mass is 250 g/mol. The van der Waals surface area contributed by atoms with Crippen molar-refractivity contribution in [2.75, 3.05) is 25.0 Å². The molecule has 1 heterocycles. The Bertz CT molecular complexity index is 376. The lowest BCUT2D eigenvalue weighted by Crippen LogP contribution is -2.35. The van der Waals surface area contributed by atoms with Gasteiger partial charge in [0.25, 0.3) is 0 Å². The lowest BCUT2D eigenvalue weighted by Gasteiger charge is -2.26. The van der Waals surface area contributed by atoms with Crippen LogP contribution in [0.5, 0.6) is 0 Å². The average Bonchev–Trinajstić information content (AvgIpc) is 2.94. The maximum absolute atomic E-state index is 5.86. The number of likely N-dealkylation sites (tertiary alicyclic amines) is 1. The van der Waals surface area contributed by atoms with Crippen molar-refractivity contribution in [3.63, 3.8) is 0 Å². The van der Waals surface area contributed by atoms with Gasteiger partial charge in [-0.05, 0) is 49.4 Å². The highest BCUT2D eigenvalue weighted by atomic mass is 35.5. The van der Waals surface area contributed by atoms with Gasteiger partial charge in [0.2, 0.25) is 0 Å². The fraction of sp³-hybridized carbons (Fsp3) is 0.571. The zero-order valence-corrected chi connectivity index (χ0v) is 10.8. The highest BCUT2D eigenvalue weighted by Crippen LogP contribution is 2.36. The first kappa shape index (κ1) is 11.4. The molecule has 2 aliphatic rings. The highest BCUT2D eigenvalue weighted by Gasteiger charge is 2.36. The molecule has 0 spiro atoms. The molecule has 1 saturated carbocycles. The zero-order chi connectivity index (χ0) is 11.7. The summed E-state index contributed by atoms with van der Waals surface area (Å²) < 4.78 is 0. The van der Waals surface area contributed by atoms with Gasteiger partial charge >= 0.3 is 0 Å². The number of nitrogens with one attached hydrogen (secondary N) is 1. The molecule has 1 aliphatic carbocycles. The van der Waals surface area contributed by atoms with Crippen LogP contribution in [0.15, 0.2) is 24.3 Å². The van der Waals surface area contributed by atoms with Gasteiger partial charge in [-0.15, -0.1) is 0 Å². The minimum atomic E-state index is 0.799. The molecule has 0 radical (unpaired) electrons. The Labute approximate surface area is 108 Å². The maximum atomic E-state index is 5.86. The van der Waals surface area contributed by atoms with Crippen LogP contribution in [0.4, 0.5) is 5.69 Å². The van der Waals surface area contributed by atoms with E-state index in [-0.39, 0.29) is 0 Å². The Morgan fingerprint density at radius 1 is 1.24 bits per heavy atom. The normalized spacial score (nSPS) is 27.6. The quantitative estimate of drug-likeness (QED) is 0.883. The number of anilines is 1. The molecule has 0 aromatic heterocycles. The van der Waals surface area contributed by atoms with Crippen LogP contribution < -0.4 is 5.32 Å². The number of hydrogen-bond acceptors (Lipinski definition) is 2. The summed E-state index contributed by atoms with van der Waals surface area (Å²) in [5.74, 6) is 0.996. The van der Waals surface area contributed by atoms with Gasteiger partial charge in [0.1, 0.15) is 0 Å². The zero-order valence-electron chi connectivity index (χ0n) is 10.0. The Balaban J connectivity index is 1.45. The van der Waals surface area contributed by atoms with Gasteiger partial charge in [0, 0.05) is 36.4 Å². The third kappa shape index (κ3) is 2.58. The van der Waals surface area contributed by atoms with E-state index in [1.54, 1.807) is 0 Å². The van der Waals surface area contributed by atoms with Crippen LogP contribution in [0.1, 0.15) is 19.3 Å². The predicted octanol–water partition coefficient (Wildman–Crippen LogP) is 3.24. The summed E-state index contributed by atoms with van der Waals surface area (Å²) in [4.78, 5) is 2.65. The molecule has 2 bridgehead atoms. The van der Waals surface area contributed by atoms with Gasteiger partial charge in [0.15, 0.2) is 0 Å². The minimum Gasteiger partial charge on any atom is -0.384 e. The molecule has 0 amide bonds. The Hall–Kier alpha value is -0.730. The standard InChI is InChI=1S/C14H19ClN2/c15-12-2-4-13(5-3-12)16-7-8-17-10-11-1-6-14(17)9-11/h2-5,11,14,16H,1,6-10H2. The van der Waals surface area contributed by atoms with Crippen molar-refractivity contribution in [2.45, 2.75) is 25.3 Å². The van der Waals surface area contributed by atoms with Gasteiger partial charge in [-0.25, -0.2) is 0 Å². The number of piperidine rings is 1. The second kappa shape index (κ2) is 4.87. The van der Waals surface area contributed by atoms with Crippen LogP contribution >= 0.6 is 11.6 Å². The molecule has 2 nitrogen and oxygen atoms in total. The molecule has 17 heavy (non-hydrogen) atoms. The molecule has 1 saturated heterocycles. The summed E-state index contributed by atoms with van der Waals surface area (Å²) in [5.41, 5.74) is 1.17. The molecule has 92 valence electrons. The van der Waals surface area contributed by atoms with E-state index in [4.69, 9.17) is 11.6 Å². The lowest BCUT2D eigenvalue weighted by atomic mass is 10.1. The first-order valence-electron chi connectivity index (χ1n) is 6.55. The fourth-order valence-corrected chi connectivity index (χ4v) is 3.34. The summed E-state index contributed by atoms with van der Waals surface area (Å²) >= 11 is 5.86. The largest absolute Gasteiger partial charge is 0.384 e. The van der Waals surface area contributed by atoms with E-state index in [0.29, 0.717) is 0 Å². The minimum absolute atomic E-state index is 0.799. The number of nitrogens with zero attached hydrogens (tertiary/aromatic N) is 1. The van der Waals surface area contributed by atoms with Crippen LogP contribution in [-0.4, -0.2) is 30.6 Å². The van der Waals surface area contributed by atoms with E-state index < -0.39 is 0 Å². The Kier molecular flexibility index (Phi) is 3.26. The molecule has 1 N–H and O–H groups in total.